The van der Waals surface area contributed by atoms with Gasteiger partial charge in [0.05, 0.1) is 23.7 Å². The lowest BCUT2D eigenvalue weighted by molar-refractivity contribution is -0.140. The molecule has 2 aromatic carbocycles. The van der Waals surface area contributed by atoms with Gasteiger partial charge < -0.3 is 4.74 Å². The Morgan fingerprint density at radius 3 is 2.60 bits per heavy atom. The molecule has 0 fully saturated rings. The van der Waals surface area contributed by atoms with Crippen LogP contribution >= 0.6 is 0 Å². The maximum Gasteiger partial charge on any atom is 0.305 e. The van der Waals surface area contributed by atoms with Gasteiger partial charge in [-0.25, -0.2) is 9.37 Å². The largest absolute Gasteiger partial charge is 0.469 e. The summed E-state index contributed by atoms with van der Waals surface area (Å²) in [6.07, 6.45) is 1.91. The number of hydrogen-bond acceptors (Lipinski definition) is 6. The van der Waals surface area contributed by atoms with Crippen LogP contribution in [0.2, 0.25) is 0 Å². The third kappa shape index (κ3) is 4.59. The highest BCUT2D eigenvalue weighted by Crippen LogP contribution is 2.20. The molecule has 1 aromatic heterocycles. The van der Waals surface area contributed by atoms with Crippen molar-refractivity contribution in [3.05, 3.63) is 74.4 Å². The predicted molar refractivity (Wildman–Crippen MR) is 111 cm³/mol. The van der Waals surface area contributed by atoms with Crippen LogP contribution in [0.15, 0.2) is 46.4 Å². The molecule has 0 aliphatic heterocycles. The number of unbranched alkanes of at least 4 members (excludes halogenated alkanes) is 1. The van der Waals surface area contributed by atoms with Crippen LogP contribution in [-0.2, 0) is 22.5 Å². The second-order valence-electron chi connectivity index (χ2n) is 7.01. The fourth-order valence-corrected chi connectivity index (χ4v) is 3.35. The van der Waals surface area contributed by atoms with Gasteiger partial charge in [0.25, 0.3) is 5.56 Å². The number of ether oxygens (including phenoxy) is 1. The van der Waals surface area contributed by atoms with Crippen molar-refractivity contribution >= 4 is 16.9 Å². The molecule has 0 saturated heterocycles. The molecule has 0 amide bonds. The van der Waals surface area contributed by atoms with E-state index in [2.05, 4.69) is 14.9 Å². The van der Waals surface area contributed by atoms with Gasteiger partial charge in [0, 0.05) is 12.8 Å². The number of aromatic nitrogens is 2. The molecule has 0 bridgehead atoms. The van der Waals surface area contributed by atoms with Crippen LogP contribution in [0, 0.1) is 17.6 Å². The topological polar surface area (TPSA) is 90.6 Å². The number of carbonyl (C=O) groups is 1. The molecule has 3 aromatic rings. The van der Waals surface area contributed by atoms with E-state index in [1.165, 1.54) is 35.9 Å². The van der Waals surface area contributed by atoms with E-state index in [9.17, 15) is 18.9 Å². The summed E-state index contributed by atoms with van der Waals surface area (Å²) in [7, 11) is 1.34. The minimum atomic E-state index is -0.401. The first-order valence-corrected chi connectivity index (χ1v) is 9.61. The lowest BCUT2D eigenvalue weighted by atomic mass is 10.1. The fraction of sp³-hybridized carbons (Fsp3) is 0.318. The molecule has 0 N–H and O–H groups in total. The summed E-state index contributed by atoms with van der Waals surface area (Å²) in [5, 5.41) is 3.34. The van der Waals surface area contributed by atoms with Crippen molar-refractivity contribution in [2.24, 2.45) is 5.18 Å². The van der Waals surface area contributed by atoms with Gasteiger partial charge in [0.1, 0.15) is 18.2 Å². The second-order valence-corrected chi connectivity index (χ2v) is 7.01. The van der Waals surface area contributed by atoms with E-state index in [-0.39, 0.29) is 24.5 Å². The number of esters is 1. The van der Waals surface area contributed by atoms with Crippen LogP contribution in [0.3, 0.4) is 0 Å². The molecule has 1 heterocycles. The Bertz CT molecular complexity index is 1140. The molecule has 3 rings (SSSR count). The molecule has 0 radical (unpaired) electrons. The molecular formula is C22H22FN3O4. The molecule has 0 unspecified atom stereocenters. The van der Waals surface area contributed by atoms with Gasteiger partial charge in [-0.15, -0.1) is 0 Å². The molecule has 7 nitrogen and oxygen atoms in total. The highest BCUT2D eigenvalue weighted by Gasteiger charge is 2.15. The molecule has 0 aliphatic rings. The zero-order valence-corrected chi connectivity index (χ0v) is 16.9. The zero-order valence-electron chi connectivity index (χ0n) is 16.9. The van der Waals surface area contributed by atoms with E-state index in [0.717, 1.165) is 5.56 Å². The third-order valence-corrected chi connectivity index (χ3v) is 4.97. The van der Waals surface area contributed by atoms with E-state index in [1.807, 2.05) is 6.92 Å². The van der Waals surface area contributed by atoms with Gasteiger partial charge in [-0.3, -0.25) is 14.2 Å². The number of benzene rings is 2. The average molecular weight is 411 g/mol. The van der Waals surface area contributed by atoms with E-state index >= 15 is 0 Å². The second kappa shape index (κ2) is 9.39. The predicted octanol–water partition coefficient (Wildman–Crippen LogP) is 3.99. The molecule has 0 atom stereocenters. The third-order valence-electron chi connectivity index (χ3n) is 4.97. The lowest BCUT2D eigenvalue weighted by Gasteiger charge is -2.15. The SMILES string of the molecule is COC(=O)CCCCc1nc2cc(CN=O)c(C)cc2c(=O)n1-c1ccc(F)cc1. The average Bonchev–Trinajstić information content (AvgIpc) is 2.73. The van der Waals surface area contributed by atoms with Crippen LogP contribution in [0.25, 0.3) is 16.6 Å². The van der Waals surface area contributed by atoms with Crippen molar-refractivity contribution in [3.8, 4) is 5.69 Å². The van der Waals surface area contributed by atoms with Crippen LogP contribution in [0.4, 0.5) is 4.39 Å². The van der Waals surface area contributed by atoms with Crippen LogP contribution in [-0.4, -0.2) is 22.6 Å². The highest BCUT2D eigenvalue weighted by atomic mass is 19.1. The number of rotatable bonds is 8. The number of nitrogens with zero attached hydrogens (tertiary/aromatic N) is 3. The van der Waals surface area contributed by atoms with Crippen molar-refractivity contribution < 1.29 is 13.9 Å². The van der Waals surface area contributed by atoms with Gasteiger partial charge in [-0.05, 0) is 67.3 Å². The monoisotopic (exact) mass is 411 g/mol. The quantitative estimate of drug-likeness (QED) is 0.318. The number of methoxy groups -OCH3 is 1. The number of carbonyl (C=O) groups excluding carboxylic acids is 1. The number of fused-ring (bicyclic) bond motifs is 1. The molecule has 0 saturated carbocycles. The summed E-state index contributed by atoms with van der Waals surface area (Å²) in [4.78, 5) is 40.0. The van der Waals surface area contributed by atoms with Gasteiger partial charge >= 0.3 is 5.97 Å². The summed E-state index contributed by atoms with van der Waals surface area (Å²) in [5.41, 5.74) is 2.20. The van der Waals surface area contributed by atoms with Gasteiger partial charge in [-0.1, -0.05) is 5.18 Å². The van der Waals surface area contributed by atoms with Crippen molar-refractivity contribution in [1.82, 2.24) is 9.55 Å². The summed E-state index contributed by atoms with van der Waals surface area (Å²) in [6, 6.07) is 9.04. The standard InChI is InChI=1S/C22H22FN3O4/c1-14-11-18-19(12-15(14)13-24-29)25-20(5-3-4-6-21(27)30-2)26(22(18)28)17-9-7-16(23)8-10-17/h7-12H,3-6,13H2,1-2H3. The number of hydrogen-bond donors (Lipinski definition) is 0. The van der Waals surface area contributed by atoms with E-state index < -0.39 is 5.82 Å². The fourth-order valence-electron chi connectivity index (χ4n) is 3.35. The molecule has 8 heteroatoms. The van der Waals surface area contributed by atoms with Gasteiger partial charge in [-0.2, -0.15) is 4.91 Å². The highest BCUT2D eigenvalue weighted by molar-refractivity contribution is 5.80. The molecule has 30 heavy (non-hydrogen) atoms. The summed E-state index contributed by atoms with van der Waals surface area (Å²) < 4.78 is 19.5. The smallest absolute Gasteiger partial charge is 0.305 e. The van der Waals surface area contributed by atoms with E-state index in [1.54, 1.807) is 12.1 Å². The normalized spacial score (nSPS) is 10.9. The van der Waals surface area contributed by atoms with Crippen LogP contribution < -0.4 is 5.56 Å². The van der Waals surface area contributed by atoms with E-state index in [4.69, 9.17) is 0 Å². The van der Waals surface area contributed by atoms with Crippen LogP contribution in [0.1, 0.15) is 36.2 Å². The maximum absolute atomic E-state index is 13.4. The Morgan fingerprint density at radius 1 is 1.20 bits per heavy atom. The number of halogens is 1. The molecular weight excluding hydrogens is 389 g/mol. The van der Waals surface area contributed by atoms with E-state index in [0.29, 0.717) is 47.2 Å². The first-order valence-electron chi connectivity index (χ1n) is 9.61. The Morgan fingerprint density at radius 2 is 1.93 bits per heavy atom. The molecule has 156 valence electrons. The van der Waals surface area contributed by atoms with Gasteiger partial charge in [0.15, 0.2) is 0 Å². The minimum Gasteiger partial charge on any atom is -0.469 e. The van der Waals surface area contributed by atoms with Crippen molar-refractivity contribution in [2.45, 2.75) is 39.2 Å². The summed E-state index contributed by atoms with van der Waals surface area (Å²) in [5.74, 6) is -0.196. The Hall–Kier alpha value is -3.42. The Kier molecular flexibility index (Phi) is 6.66. The van der Waals surface area contributed by atoms with Crippen molar-refractivity contribution in [3.63, 3.8) is 0 Å². The summed E-state index contributed by atoms with van der Waals surface area (Å²) in [6.45, 7) is 1.81. The Balaban J connectivity index is 2.09. The summed E-state index contributed by atoms with van der Waals surface area (Å²) >= 11 is 0. The molecule has 0 spiro atoms. The van der Waals surface area contributed by atoms with Crippen molar-refractivity contribution in [2.75, 3.05) is 7.11 Å². The minimum absolute atomic E-state index is 0.00103. The van der Waals surface area contributed by atoms with Crippen LogP contribution in [0.5, 0.6) is 0 Å². The number of nitroso groups, excluding NO2 is 1. The zero-order chi connectivity index (χ0) is 21.7. The lowest BCUT2D eigenvalue weighted by Crippen LogP contribution is -2.24. The van der Waals surface area contributed by atoms with Crippen molar-refractivity contribution in [1.29, 1.82) is 0 Å². The Labute approximate surface area is 172 Å². The first-order chi connectivity index (χ1) is 14.4. The number of aryl methyl sites for hydroxylation is 2. The first kappa shape index (κ1) is 21.3. The molecule has 0 aliphatic carbocycles. The van der Waals surface area contributed by atoms with Gasteiger partial charge in [0.2, 0.25) is 0 Å². The maximum atomic E-state index is 13.4.